The maximum absolute atomic E-state index is 13.6. The molecule has 1 aromatic heterocycles. The fraction of sp³-hybridized carbons (Fsp3) is 0.636. The van der Waals surface area contributed by atoms with Gasteiger partial charge in [-0.25, -0.2) is 4.79 Å². The highest BCUT2D eigenvalue weighted by atomic mass is 28.4. The van der Waals surface area contributed by atoms with Crippen LogP contribution in [0.4, 0.5) is 0 Å². The number of benzene rings is 1. The number of hydrogen-bond acceptors (Lipinski definition) is 11. The second-order valence-corrected chi connectivity index (χ2v) is 19.1. The van der Waals surface area contributed by atoms with Gasteiger partial charge in [0.05, 0.1) is 18.8 Å². The molecule has 0 N–H and O–H groups in total. The van der Waals surface area contributed by atoms with E-state index in [4.69, 9.17) is 32.8 Å². The van der Waals surface area contributed by atoms with Crippen molar-refractivity contribution in [1.82, 2.24) is 9.13 Å². The van der Waals surface area contributed by atoms with Gasteiger partial charge in [-0.2, -0.15) is 4.57 Å². The minimum Gasteiger partial charge on any atom is -0.457 e. The summed E-state index contributed by atoms with van der Waals surface area (Å²) in [5.74, 6) is -2.17. The zero-order chi connectivity index (χ0) is 34.5. The average molecular weight is 675 g/mol. The highest BCUT2D eigenvalue weighted by Gasteiger charge is 2.56. The monoisotopic (exact) mass is 674 g/mol. The van der Waals surface area contributed by atoms with Gasteiger partial charge in [0.2, 0.25) is 0 Å². The van der Waals surface area contributed by atoms with Crippen molar-refractivity contribution >= 4 is 20.2 Å². The lowest BCUT2D eigenvalue weighted by Gasteiger charge is -2.45. The molecule has 0 aliphatic carbocycles. The molecule has 0 radical (unpaired) electrons. The molecule has 258 valence electrons. The van der Waals surface area contributed by atoms with E-state index in [-0.39, 0.29) is 17.2 Å². The Hall–Kier alpha value is -2.98. The number of rotatable bonds is 8. The van der Waals surface area contributed by atoms with Gasteiger partial charge in [0.25, 0.3) is 11.5 Å². The summed E-state index contributed by atoms with van der Waals surface area (Å²) in [5, 5.41) is -0.0772. The molecule has 4 heterocycles. The summed E-state index contributed by atoms with van der Waals surface area (Å²) in [6, 6.07) is 9.23. The van der Waals surface area contributed by atoms with Crippen LogP contribution in [0.5, 0.6) is 0 Å². The molecule has 1 aromatic carbocycles. The second kappa shape index (κ2) is 13.1. The van der Waals surface area contributed by atoms with E-state index in [2.05, 4.69) is 33.9 Å². The molecule has 47 heavy (non-hydrogen) atoms. The highest BCUT2D eigenvalue weighted by molar-refractivity contribution is 6.74. The molecule has 0 bridgehead atoms. The molecule has 3 aliphatic rings. The minimum atomic E-state index is -2.26. The van der Waals surface area contributed by atoms with Gasteiger partial charge >= 0.3 is 11.7 Å². The molecule has 0 amide bonds. The first-order chi connectivity index (χ1) is 21.9. The molecule has 14 heteroatoms. The van der Waals surface area contributed by atoms with Crippen LogP contribution in [0.3, 0.4) is 0 Å². The summed E-state index contributed by atoms with van der Waals surface area (Å²) < 4.78 is 45.2. The molecule has 0 saturated carbocycles. The van der Waals surface area contributed by atoms with E-state index in [0.717, 1.165) is 6.07 Å². The van der Waals surface area contributed by atoms with Crippen LogP contribution in [-0.4, -0.2) is 84.6 Å². The molecular formula is C33H46N2O11Si. The number of ether oxygens (including phenoxy) is 6. The highest BCUT2D eigenvalue weighted by Crippen LogP contribution is 2.43. The van der Waals surface area contributed by atoms with E-state index in [9.17, 15) is 19.2 Å². The maximum Gasteiger partial charge on any atom is 0.340 e. The van der Waals surface area contributed by atoms with Gasteiger partial charge in [0, 0.05) is 31.2 Å². The summed E-state index contributed by atoms with van der Waals surface area (Å²) in [7, 11) is -2.26. The van der Waals surface area contributed by atoms with Gasteiger partial charge in [-0.1, -0.05) is 39.0 Å². The van der Waals surface area contributed by atoms with Crippen molar-refractivity contribution in [3.8, 4) is 0 Å². The molecule has 13 nitrogen and oxygen atoms in total. The van der Waals surface area contributed by atoms with Crippen LogP contribution in [0.25, 0.3) is 0 Å². The van der Waals surface area contributed by atoms with Gasteiger partial charge in [-0.15, -0.1) is 0 Å². The SMILES string of the molecule is CC(=O)O[C@H]1[C@H](C)O[C@H](OC[C@H]2O[C@@H](n3ccc(=O)n(C(=O)c4ccccc4)c3=O)[C@@H]3OC(C)(C)O[C@@H]32)C[C@@H]1O[Si](C)(C)C(C)(C)C. The van der Waals surface area contributed by atoms with Crippen molar-refractivity contribution < 1.29 is 42.4 Å². The largest absolute Gasteiger partial charge is 0.457 e. The topological polar surface area (TPSA) is 143 Å². The van der Waals surface area contributed by atoms with Gasteiger partial charge < -0.3 is 32.8 Å². The molecule has 0 spiro atoms. The van der Waals surface area contributed by atoms with Crippen molar-refractivity contribution in [3.05, 3.63) is 69.0 Å². The molecule has 3 fully saturated rings. The molecular weight excluding hydrogens is 628 g/mol. The Balaban J connectivity index is 1.36. The van der Waals surface area contributed by atoms with E-state index < -0.39 is 86.4 Å². The van der Waals surface area contributed by atoms with Crippen LogP contribution in [-0.2, 0) is 37.6 Å². The Labute approximate surface area is 275 Å². The fourth-order valence-corrected chi connectivity index (χ4v) is 7.28. The van der Waals surface area contributed by atoms with E-state index in [1.54, 1.807) is 32.0 Å². The van der Waals surface area contributed by atoms with E-state index in [1.165, 1.54) is 29.8 Å². The average Bonchev–Trinajstić information content (AvgIpc) is 3.46. The first-order valence-corrected chi connectivity index (χ1v) is 18.9. The molecule has 5 rings (SSSR count). The third-order valence-electron chi connectivity index (χ3n) is 9.25. The number of carbonyl (C=O) groups excluding carboxylic acids is 2. The minimum absolute atomic E-state index is 0.0108. The standard InChI is InChI=1S/C33H46N2O11Si/c1-19-26(42-20(2)36)22(46-47(8,9)32(3,4)5)17-25(41-19)40-18-23-27-28(45-33(6,7)44-27)30(43-23)34-16-15-24(37)35(31(34)39)29(38)21-13-11-10-12-14-21/h10-16,19,22-23,25-28,30H,17-18H2,1-9H3/t19-,22-,23+,25-,26-,27+,28+,30+/m0/s1. The first-order valence-electron chi connectivity index (χ1n) is 16.0. The van der Waals surface area contributed by atoms with Gasteiger partial charge in [0.15, 0.2) is 32.7 Å². The number of aromatic nitrogens is 2. The summed E-state index contributed by atoms with van der Waals surface area (Å²) in [5.41, 5.74) is -1.43. The fourth-order valence-electron chi connectivity index (χ4n) is 5.94. The van der Waals surface area contributed by atoms with Gasteiger partial charge in [-0.05, 0) is 51.0 Å². The Morgan fingerprint density at radius 2 is 1.68 bits per heavy atom. The quantitative estimate of drug-likeness (QED) is 0.300. The van der Waals surface area contributed by atoms with E-state index in [0.29, 0.717) is 11.0 Å². The third-order valence-corrected chi connectivity index (χ3v) is 13.8. The number of esters is 1. The summed E-state index contributed by atoms with van der Waals surface area (Å²) >= 11 is 0. The van der Waals surface area contributed by atoms with Crippen molar-refractivity contribution in [3.63, 3.8) is 0 Å². The van der Waals surface area contributed by atoms with Crippen LogP contribution in [0.15, 0.2) is 52.2 Å². The molecule has 8 atom stereocenters. The van der Waals surface area contributed by atoms with Crippen LogP contribution in [0.1, 0.15) is 71.5 Å². The first kappa shape index (κ1) is 35.3. The van der Waals surface area contributed by atoms with Crippen LogP contribution in [0, 0.1) is 0 Å². The van der Waals surface area contributed by atoms with Gasteiger partial charge in [-0.3, -0.25) is 19.0 Å². The normalized spacial score (nSPS) is 30.6. The lowest BCUT2D eigenvalue weighted by molar-refractivity contribution is -0.261. The Kier molecular flexibility index (Phi) is 9.88. The zero-order valence-electron chi connectivity index (χ0n) is 28.5. The summed E-state index contributed by atoms with van der Waals surface area (Å²) in [6.45, 7) is 17.4. The smallest absolute Gasteiger partial charge is 0.340 e. The van der Waals surface area contributed by atoms with Crippen molar-refractivity contribution in [2.24, 2.45) is 0 Å². The van der Waals surface area contributed by atoms with Gasteiger partial charge in [0.1, 0.15) is 18.3 Å². The maximum atomic E-state index is 13.6. The predicted molar refractivity (Wildman–Crippen MR) is 171 cm³/mol. The van der Waals surface area contributed by atoms with Crippen molar-refractivity contribution in [2.75, 3.05) is 6.61 Å². The molecule has 2 aromatic rings. The number of carbonyl (C=O) groups is 2. The zero-order valence-corrected chi connectivity index (χ0v) is 29.5. The Bertz CT molecular complexity index is 1580. The van der Waals surface area contributed by atoms with E-state index in [1.807, 2.05) is 6.92 Å². The molecule has 0 unspecified atom stereocenters. The predicted octanol–water partition coefficient (Wildman–Crippen LogP) is 3.59. The second-order valence-electron chi connectivity index (χ2n) is 14.3. The van der Waals surface area contributed by atoms with Crippen molar-refractivity contribution in [2.45, 2.75) is 128 Å². The number of nitrogens with zero attached hydrogens (tertiary/aromatic N) is 2. The lowest BCUT2D eigenvalue weighted by atomic mass is 10.0. The lowest BCUT2D eigenvalue weighted by Crippen LogP contribution is -2.56. The van der Waals surface area contributed by atoms with Crippen LogP contribution >= 0.6 is 0 Å². The molecule has 3 saturated heterocycles. The summed E-state index contributed by atoms with van der Waals surface area (Å²) in [6.07, 6.45) is -3.78. The summed E-state index contributed by atoms with van der Waals surface area (Å²) in [4.78, 5) is 51.5. The Morgan fingerprint density at radius 3 is 2.32 bits per heavy atom. The number of fused-ring (bicyclic) bond motifs is 1. The number of hydrogen-bond donors (Lipinski definition) is 0. The van der Waals surface area contributed by atoms with Crippen molar-refractivity contribution in [1.29, 1.82) is 0 Å². The molecule has 3 aliphatic heterocycles. The van der Waals surface area contributed by atoms with Crippen LogP contribution in [0.2, 0.25) is 18.1 Å². The third kappa shape index (κ3) is 7.38. The van der Waals surface area contributed by atoms with E-state index >= 15 is 0 Å². The van der Waals surface area contributed by atoms with Crippen LogP contribution < -0.4 is 11.2 Å². The Morgan fingerprint density at radius 1 is 1.02 bits per heavy atom.